The third kappa shape index (κ3) is 3.06. The molecule has 6 nitrogen and oxygen atoms in total. The zero-order chi connectivity index (χ0) is 14.9. The fourth-order valence-electron chi connectivity index (χ4n) is 1.86. The summed E-state index contributed by atoms with van der Waals surface area (Å²) in [6.45, 7) is 1.18. The molecule has 1 saturated heterocycles. The fraction of sp³-hybridized carbons (Fsp3) is 0.600. The molecule has 2 heterocycles. The van der Waals surface area contributed by atoms with E-state index in [9.17, 15) is 22.8 Å². The van der Waals surface area contributed by atoms with Crippen molar-refractivity contribution in [2.75, 3.05) is 26.3 Å². The summed E-state index contributed by atoms with van der Waals surface area (Å²) in [7, 11) is 0. The van der Waals surface area contributed by atoms with Gasteiger partial charge in [-0.25, -0.2) is 0 Å². The van der Waals surface area contributed by atoms with Gasteiger partial charge in [0.2, 0.25) is 5.91 Å². The van der Waals surface area contributed by atoms with Crippen molar-refractivity contribution in [1.82, 2.24) is 14.7 Å². The molecule has 0 atom stereocenters. The maximum atomic E-state index is 12.6. The van der Waals surface area contributed by atoms with Crippen molar-refractivity contribution in [1.29, 1.82) is 0 Å². The first-order valence-electron chi connectivity index (χ1n) is 5.71. The van der Waals surface area contributed by atoms with E-state index < -0.39 is 21.9 Å². The van der Waals surface area contributed by atoms with Crippen LogP contribution in [0.1, 0.15) is 5.56 Å². The van der Waals surface area contributed by atoms with Crippen LogP contribution in [0, 0.1) is 0 Å². The number of nitrogens with one attached hydrogen (secondary N) is 1. The summed E-state index contributed by atoms with van der Waals surface area (Å²) in [6, 6.07) is 0. The number of aromatic amines is 1. The van der Waals surface area contributed by atoms with Crippen LogP contribution in [0.2, 0.25) is 0 Å². The number of hydrogen-bond donors (Lipinski definition) is 1. The normalized spacial score (nSPS) is 16.5. The van der Waals surface area contributed by atoms with Crippen molar-refractivity contribution >= 4 is 21.8 Å². The molecule has 1 aromatic heterocycles. The SMILES string of the molecule is O=C(Cn1[nH]c(=O)c(C(F)(F)F)c1Br)N1CCOCC1. The number of carbonyl (C=O) groups is 1. The lowest BCUT2D eigenvalue weighted by Gasteiger charge is -2.26. The standard InChI is InChI=1S/C10H11BrF3N3O3/c11-8-7(10(12,13)14)9(19)15-17(8)5-6(18)16-1-3-20-4-2-16/h1-5H2,(H,15,19). The van der Waals surface area contributed by atoms with Crippen LogP contribution in [-0.4, -0.2) is 46.9 Å². The lowest BCUT2D eigenvalue weighted by molar-refractivity contribution is -0.139. The summed E-state index contributed by atoms with van der Waals surface area (Å²) < 4.78 is 43.4. The number of carbonyl (C=O) groups excluding carboxylic acids is 1. The van der Waals surface area contributed by atoms with Crippen LogP contribution in [0.5, 0.6) is 0 Å². The number of hydrogen-bond acceptors (Lipinski definition) is 3. The highest BCUT2D eigenvalue weighted by atomic mass is 79.9. The second-order valence-corrected chi connectivity index (χ2v) is 4.93. The number of alkyl halides is 3. The van der Waals surface area contributed by atoms with E-state index in [-0.39, 0.29) is 12.5 Å². The molecule has 0 bridgehead atoms. The Hall–Kier alpha value is -1.29. The van der Waals surface area contributed by atoms with Gasteiger partial charge in [-0.2, -0.15) is 13.2 Å². The summed E-state index contributed by atoms with van der Waals surface area (Å²) >= 11 is 2.71. The van der Waals surface area contributed by atoms with E-state index in [1.807, 2.05) is 5.10 Å². The molecule has 1 N–H and O–H groups in total. The quantitative estimate of drug-likeness (QED) is 0.851. The summed E-state index contributed by atoms with van der Waals surface area (Å²) in [5.41, 5.74) is -2.62. The van der Waals surface area contributed by atoms with Crippen LogP contribution in [0.25, 0.3) is 0 Å². The summed E-state index contributed by atoms with van der Waals surface area (Å²) in [5, 5.41) is 2.00. The molecule has 0 aliphatic carbocycles. The highest BCUT2D eigenvalue weighted by molar-refractivity contribution is 9.10. The number of halogens is 4. The maximum absolute atomic E-state index is 12.6. The van der Waals surface area contributed by atoms with Gasteiger partial charge in [0.15, 0.2) is 5.56 Å². The zero-order valence-electron chi connectivity index (χ0n) is 10.2. The Bertz CT molecular complexity index is 560. The Balaban J connectivity index is 2.18. The minimum atomic E-state index is -4.78. The third-order valence-corrected chi connectivity index (χ3v) is 3.67. The number of aromatic nitrogens is 2. The van der Waals surface area contributed by atoms with E-state index in [0.717, 1.165) is 4.68 Å². The van der Waals surface area contributed by atoms with Crippen LogP contribution < -0.4 is 5.56 Å². The first-order chi connectivity index (χ1) is 9.30. The lowest BCUT2D eigenvalue weighted by atomic mass is 10.3. The first kappa shape index (κ1) is 15.1. The van der Waals surface area contributed by atoms with Crippen molar-refractivity contribution < 1.29 is 22.7 Å². The molecule has 20 heavy (non-hydrogen) atoms. The number of nitrogens with zero attached hydrogens (tertiary/aromatic N) is 2. The van der Waals surface area contributed by atoms with Crippen molar-refractivity contribution in [3.05, 3.63) is 20.5 Å². The summed E-state index contributed by atoms with van der Waals surface area (Å²) in [4.78, 5) is 24.7. The average Bonchev–Trinajstić information content (AvgIpc) is 2.64. The Morgan fingerprint density at radius 3 is 2.45 bits per heavy atom. The number of amides is 1. The molecule has 0 unspecified atom stereocenters. The van der Waals surface area contributed by atoms with Gasteiger partial charge in [0.05, 0.1) is 13.2 Å². The minimum absolute atomic E-state index is 0.369. The van der Waals surface area contributed by atoms with E-state index in [1.54, 1.807) is 0 Å². The molecule has 1 aliphatic rings. The summed E-state index contributed by atoms with van der Waals surface area (Å²) in [6.07, 6.45) is -4.78. The average molecular weight is 358 g/mol. The Morgan fingerprint density at radius 2 is 1.95 bits per heavy atom. The van der Waals surface area contributed by atoms with Crippen LogP contribution in [0.3, 0.4) is 0 Å². The molecule has 112 valence electrons. The summed E-state index contributed by atoms with van der Waals surface area (Å²) in [5.74, 6) is -0.381. The van der Waals surface area contributed by atoms with E-state index in [1.165, 1.54) is 4.90 Å². The smallest absolute Gasteiger partial charge is 0.378 e. The number of H-pyrrole nitrogens is 1. The second kappa shape index (κ2) is 5.60. The van der Waals surface area contributed by atoms with Gasteiger partial charge in [-0.3, -0.25) is 19.4 Å². The van der Waals surface area contributed by atoms with Gasteiger partial charge < -0.3 is 9.64 Å². The molecule has 0 aromatic carbocycles. The first-order valence-corrected chi connectivity index (χ1v) is 6.51. The highest BCUT2D eigenvalue weighted by Gasteiger charge is 2.39. The maximum Gasteiger partial charge on any atom is 0.424 e. The van der Waals surface area contributed by atoms with Crippen LogP contribution in [0.4, 0.5) is 13.2 Å². The second-order valence-electron chi connectivity index (χ2n) is 4.18. The number of morpholine rings is 1. The molecule has 0 spiro atoms. The van der Waals surface area contributed by atoms with E-state index in [2.05, 4.69) is 15.9 Å². The molecule has 1 aliphatic heterocycles. The molecule has 1 aromatic rings. The van der Waals surface area contributed by atoms with Gasteiger partial charge in [-0.1, -0.05) is 0 Å². The Morgan fingerprint density at radius 1 is 1.35 bits per heavy atom. The van der Waals surface area contributed by atoms with E-state index >= 15 is 0 Å². The molecule has 2 rings (SSSR count). The van der Waals surface area contributed by atoms with Crippen molar-refractivity contribution in [3.63, 3.8) is 0 Å². The minimum Gasteiger partial charge on any atom is -0.378 e. The Labute approximate surface area is 119 Å². The predicted molar refractivity (Wildman–Crippen MR) is 65.2 cm³/mol. The number of ether oxygens (including phenoxy) is 1. The van der Waals surface area contributed by atoms with Gasteiger partial charge in [-0.15, -0.1) is 0 Å². The highest BCUT2D eigenvalue weighted by Crippen LogP contribution is 2.31. The monoisotopic (exact) mass is 357 g/mol. The van der Waals surface area contributed by atoms with Crippen molar-refractivity contribution in [3.8, 4) is 0 Å². The van der Waals surface area contributed by atoms with Gasteiger partial charge in [0.1, 0.15) is 11.1 Å². The van der Waals surface area contributed by atoms with E-state index in [0.29, 0.717) is 26.3 Å². The molecule has 0 saturated carbocycles. The molecule has 10 heteroatoms. The van der Waals surface area contributed by atoms with E-state index in [4.69, 9.17) is 4.74 Å². The third-order valence-electron chi connectivity index (χ3n) is 2.85. The molecular weight excluding hydrogens is 347 g/mol. The molecule has 1 amide bonds. The van der Waals surface area contributed by atoms with Gasteiger partial charge >= 0.3 is 6.18 Å². The Kier molecular flexibility index (Phi) is 4.23. The predicted octanol–water partition coefficient (Wildman–Crippen LogP) is 0.817. The van der Waals surface area contributed by atoms with Gasteiger partial charge in [0, 0.05) is 13.1 Å². The topological polar surface area (TPSA) is 67.3 Å². The molecular formula is C10H11BrF3N3O3. The number of rotatable bonds is 2. The van der Waals surface area contributed by atoms with Crippen LogP contribution in [-0.2, 0) is 22.3 Å². The van der Waals surface area contributed by atoms with Gasteiger partial charge in [0.25, 0.3) is 5.56 Å². The van der Waals surface area contributed by atoms with Gasteiger partial charge in [-0.05, 0) is 15.9 Å². The lowest BCUT2D eigenvalue weighted by Crippen LogP contribution is -2.42. The zero-order valence-corrected chi connectivity index (χ0v) is 11.8. The van der Waals surface area contributed by atoms with Crippen molar-refractivity contribution in [2.24, 2.45) is 0 Å². The molecule has 0 radical (unpaired) electrons. The van der Waals surface area contributed by atoms with Crippen molar-refractivity contribution in [2.45, 2.75) is 12.7 Å². The molecule has 1 fully saturated rings. The fourth-order valence-corrected chi connectivity index (χ4v) is 2.48. The van der Waals surface area contributed by atoms with Crippen LogP contribution >= 0.6 is 15.9 Å². The van der Waals surface area contributed by atoms with Crippen LogP contribution in [0.15, 0.2) is 9.40 Å². The largest absolute Gasteiger partial charge is 0.424 e.